The monoisotopic (exact) mass is 346 g/mol. The summed E-state index contributed by atoms with van der Waals surface area (Å²) in [5.74, 6) is 0.304. The predicted octanol–water partition coefficient (Wildman–Crippen LogP) is 4.53. The van der Waals surface area contributed by atoms with Gasteiger partial charge in [-0.05, 0) is 48.1 Å². The van der Waals surface area contributed by atoms with E-state index in [1.807, 2.05) is 24.3 Å². The molecule has 0 fully saturated rings. The summed E-state index contributed by atoms with van der Waals surface area (Å²) >= 11 is 3.45. The topological polar surface area (TPSA) is 26.3 Å². The molecule has 2 aromatic rings. The van der Waals surface area contributed by atoms with Gasteiger partial charge in [0.2, 0.25) is 0 Å². The van der Waals surface area contributed by atoms with Crippen LogP contribution in [-0.4, -0.2) is 11.3 Å². The van der Waals surface area contributed by atoms with E-state index in [0.717, 1.165) is 24.6 Å². The number of esters is 1. The van der Waals surface area contributed by atoms with Crippen molar-refractivity contribution in [2.45, 2.75) is 26.2 Å². The van der Waals surface area contributed by atoms with E-state index < -0.39 is 0 Å². The minimum Gasteiger partial charge on any atom is -0.427 e. The second-order valence-corrected chi connectivity index (χ2v) is 5.82. The quantitative estimate of drug-likeness (QED) is 0.436. The highest BCUT2D eigenvalue weighted by Crippen LogP contribution is 2.16. The number of rotatable bonds is 6. The summed E-state index contributed by atoms with van der Waals surface area (Å²) in [6, 6.07) is 16.4. The number of hydrogen-bond donors (Lipinski definition) is 0. The van der Waals surface area contributed by atoms with E-state index in [1.54, 1.807) is 0 Å². The third-order valence-electron chi connectivity index (χ3n) is 3.22. The molecule has 0 N–H and O–H groups in total. The predicted molar refractivity (Wildman–Crippen MR) is 89.1 cm³/mol. The van der Waals surface area contributed by atoms with Gasteiger partial charge in [-0.1, -0.05) is 52.3 Å². The Bertz CT molecular complexity index is 573. The molecule has 0 aliphatic heterocycles. The number of halogens is 1. The maximum Gasteiger partial charge on any atom is 0.308 e. The standard InChI is InChI=1S/C18H19BrO2/c1-14(20)21-18-10-8-17(9-11-18)13-16-6-4-15(5-7-16)3-2-12-19/h4-11H,2-3,12-13H2,1H3. The van der Waals surface area contributed by atoms with Gasteiger partial charge in [-0.3, -0.25) is 4.79 Å². The SMILES string of the molecule is CC(=O)Oc1ccc(Cc2ccc(CCCBr)cc2)cc1. The van der Waals surface area contributed by atoms with E-state index in [9.17, 15) is 4.79 Å². The van der Waals surface area contributed by atoms with Crippen molar-refractivity contribution in [1.82, 2.24) is 0 Å². The van der Waals surface area contributed by atoms with Crippen molar-refractivity contribution in [3.63, 3.8) is 0 Å². The summed E-state index contributed by atoms with van der Waals surface area (Å²) in [6.45, 7) is 1.41. The van der Waals surface area contributed by atoms with E-state index in [2.05, 4.69) is 40.2 Å². The summed E-state index contributed by atoms with van der Waals surface area (Å²) in [5, 5.41) is 1.05. The highest BCUT2D eigenvalue weighted by atomic mass is 79.9. The van der Waals surface area contributed by atoms with Crippen molar-refractivity contribution in [3.05, 3.63) is 65.2 Å². The Morgan fingerprint density at radius 3 is 2.00 bits per heavy atom. The van der Waals surface area contributed by atoms with Gasteiger partial charge in [0.05, 0.1) is 0 Å². The van der Waals surface area contributed by atoms with Gasteiger partial charge in [-0.15, -0.1) is 0 Å². The molecule has 0 aliphatic rings. The zero-order valence-electron chi connectivity index (χ0n) is 12.1. The molecule has 21 heavy (non-hydrogen) atoms. The van der Waals surface area contributed by atoms with Crippen LogP contribution in [0.3, 0.4) is 0 Å². The second-order valence-electron chi connectivity index (χ2n) is 5.02. The zero-order valence-corrected chi connectivity index (χ0v) is 13.7. The highest BCUT2D eigenvalue weighted by molar-refractivity contribution is 9.09. The molecule has 0 radical (unpaired) electrons. The van der Waals surface area contributed by atoms with Crippen molar-refractivity contribution in [3.8, 4) is 5.75 Å². The second kappa shape index (κ2) is 7.99. The smallest absolute Gasteiger partial charge is 0.308 e. The Morgan fingerprint density at radius 2 is 1.48 bits per heavy atom. The number of ether oxygens (including phenoxy) is 1. The Morgan fingerprint density at radius 1 is 0.952 bits per heavy atom. The van der Waals surface area contributed by atoms with E-state index >= 15 is 0 Å². The number of carbonyl (C=O) groups excluding carboxylic acids is 1. The number of carbonyl (C=O) groups is 1. The number of aryl methyl sites for hydroxylation is 1. The van der Waals surface area contributed by atoms with Crippen LogP contribution in [0.25, 0.3) is 0 Å². The Labute approximate surface area is 134 Å². The Hall–Kier alpha value is -1.61. The zero-order chi connectivity index (χ0) is 15.1. The van der Waals surface area contributed by atoms with Crippen molar-refractivity contribution in [2.24, 2.45) is 0 Å². The maximum absolute atomic E-state index is 10.9. The highest BCUT2D eigenvalue weighted by Gasteiger charge is 2.00. The third-order valence-corrected chi connectivity index (χ3v) is 3.78. The van der Waals surface area contributed by atoms with Gasteiger partial charge in [0.1, 0.15) is 5.75 Å². The first kappa shape index (κ1) is 15.8. The average molecular weight is 347 g/mol. The summed E-state index contributed by atoms with van der Waals surface area (Å²) in [4.78, 5) is 10.9. The van der Waals surface area contributed by atoms with Crippen molar-refractivity contribution < 1.29 is 9.53 Å². The molecule has 0 aromatic heterocycles. The normalized spacial score (nSPS) is 10.4. The van der Waals surface area contributed by atoms with Crippen LogP contribution < -0.4 is 4.74 Å². The molecule has 0 unspecified atom stereocenters. The van der Waals surface area contributed by atoms with Gasteiger partial charge >= 0.3 is 5.97 Å². The van der Waals surface area contributed by atoms with Gasteiger partial charge < -0.3 is 4.74 Å². The van der Waals surface area contributed by atoms with E-state index in [4.69, 9.17) is 4.74 Å². The van der Waals surface area contributed by atoms with Crippen LogP contribution >= 0.6 is 15.9 Å². The van der Waals surface area contributed by atoms with Crippen LogP contribution in [0.1, 0.15) is 30.0 Å². The van der Waals surface area contributed by atoms with E-state index in [-0.39, 0.29) is 5.97 Å². The fraction of sp³-hybridized carbons (Fsp3) is 0.278. The van der Waals surface area contributed by atoms with E-state index in [1.165, 1.54) is 23.6 Å². The molecule has 0 bridgehead atoms. The number of alkyl halides is 1. The first-order chi connectivity index (χ1) is 10.2. The fourth-order valence-electron chi connectivity index (χ4n) is 2.17. The van der Waals surface area contributed by atoms with Crippen LogP contribution in [0, 0.1) is 0 Å². The fourth-order valence-corrected chi connectivity index (χ4v) is 2.45. The van der Waals surface area contributed by atoms with Crippen molar-refractivity contribution in [1.29, 1.82) is 0 Å². The molecular weight excluding hydrogens is 328 g/mol. The molecular formula is C18H19BrO2. The number of hydrogen-bond acceptors (Lipinski definition) is 2. The Kier molecular flexibility index (Phi) is 6.00. The van der Waals surface area contributed by atoms with Crippen molar-refractivity contribution >= 4 is 21.9 Å². The lowest BCUT2D eigenvalue weighted by Gasteiger charge is -2.06. The molecule has 0 saturated carbocycles. The van der Waals surface area contributed by atoms with Crippen LogP contribution in [0.15, 0.2) is 48.5 Å². The van der Waals surface area contributed by atoms with Gasteiger partial charge in [-0.2, -0.15) is 0 Å². The summed E-state index contributed by atoms with van der Waals surface area (Å²) in [7, 11) is 0. The molecule has 3 heteroatoms. The average Bonchev–Trinajstić information content (AvgIpc) is 2.48. The van der Waals surface area contributed by atoms with Gasteiger partial charge in [-0.25, -0.2) is 0 Å². The lowest BCUT2D eigenvalue weighted by Crippen LogP contribution is -2.01. The van der Waals surface area contributed by atoms with Crippen LogP contribution in [-0.2, 0) is 17.6 Å². The first-order valence-electron chi connectivity index (χ1n) is 7.08. The first-order valence-corrected chi connectivity index (χ1v) is 8.20. The molecule has 2 aromatic carbocycles. The minimum absolute atomic E-state index is 0.290. The van der Waals surface area contributed by atoms with Crippen LogP contribution in [0.5, 0.6) is 5.75 Å². The van der Waals surface area contributed by atoms with Gasteiger partial charge in [0, 0.05) is 12.3 Å². The van der Waals surface area contributed by atoms with E-state index in [0.29, 0.717) is 5.75 Å². The lowest BCUT2D eigenvalue weighted by molar-refractivity contribution is -0.131. The van der Waals surface area contributed by atoms with Crippen molar-refractivity contribution in [2.75, 3.05) is 5.33 Å². The molecule has 2 nitrogen and oxygen atoms in total. The molecule has 0 spiro atoms. The third kappa shape index (κ3) is 5.35. The minimum atomic E-state index is -0.290. The lowest BCUT2D eigenvalue weighted by atomic mass is 10.0. The number of benzene rings is 2. The molecule has 110 valence electrons. The summed E-state index contributed by atoms with van der Waals surface area (Å²) in [5.41, 5.74) is 3.88. The summed E-state index contributed by atoms with van der Waals surface area (Å²) < 4.78 is 5.03. The molecule has 0 atom stereocenters. The largest absolute Gasteiger partial charge is 0.427 e. The maximum atomic E-state index is 10.9. The Balaban J connectivity index is 1.96. The molecule has 2 rings (SSSR count). The van der Waals surface area contributed by atoms with Crippen LogP contribution in [0.2, 0.25) is 0 Å². The van der Waals surface area contributed by atoms with Gasteiger partial charge in [0.15, 0.2) is 0 Å². The molecule has 0 aliphatic carbocycles. The molecule has 0 heterocycles. The molecule has 0 saturated heterocycles. The van der Waals surface area contributed by atoms with Gasteiger partial charge in [0.25, 0.3) is 0 Å². The van der Waals surface area contributed by atoms with Crippen LogP contribution in [0.4, 0.5) is 0 Å². The summed E-state index contributed by atoms with van der Waals surface area (Å²) in [6.07, 6.45) is 3.17. The molecule has 0 amide bonds.